The molecule has 0 spiro atoms. The summed E-state index contributed by atoms with van der Waals surface area (Å²) in [5.74, 6) is -0.284. The maximum absolute atomic E-state index is 12.4. The number of aromatic nitrogens is 5. The Kier molecular flexibility index (Phi) is 4.29. The van der Waals surface area contributed by atoms with Gasteiger partial charge in [0.05, 0.1) is 6.54 Å². The summed E-state index contributed by atoms with van der Waals surface area (Å²) in [7, 11) is 0. The zero-order chi connectivity index (χ0) is 18.8. The van der Waals surface area contributed by atoms with Gasteiger partial charge in [-0.15, -0.1) is 5.10 Å². The maximum Gasteiger partial charge on any atom is 0.350 e. The highest BCUT2D eigenvalue weighted by Crippen LogP contribution is 2.13. The van der Waals surface area contributed by atoms with E-state index in [1.165, 1.54) is 9.08 Å². The van der Waals surface area contributed by atoms with Crippen LogP contribution in [0.4, 0.5) is 5.69 Å². The summed E-state index contributed by atoms with van der Waals surface area (Å²) in [5, 5.41) is 14.0. The Morgan fingerprint density at radius 2 is 2.07 bits per heavy atom. The quantitative estimate of drug-likeness (QED) is 0.568. The van der Waals surface area contributed by atoms with Crippen LogP contribution in [0.5, 0.6) is 0 Å². The van der Waals surface area contributed by atoms with Gasteiger partial charge in [-0.2, -0.15) is 5.10 Å². The van der Waals surface area contributed by atoms with Crippen LogP contribution >= 0.6 is 0 Å². The second-order valence-corrected chi connectivity index (χ2v) is 6.16. The van der Waals surface area contributed by atoms with Gasteiger partial charge in [0.25, 0.3) is 5.91 Å². The molecule has 0 bridgehead atoms. The fourth-order valence-corrected chi connectivity index (χ4v) is 2.85. The van der Waals surface area contributed by atoms with Gasteiger partial charge in [-0.3, -0.25) is 14.3 Å². The predicted molar refractivity (Wildman–Crippen MR) is 101 cm³/mol. The third kappa shape index (κ3) is 3.37. The number of fused-ring (bicyclic) bond motifs is 1. The molecular weight excluding hydrogens is 344 g/mol. The first-order chi connectivity index (χ1) is 13.1. The lowest BCUT2D eigenvalue weighted by atomic mass is 10.2. The molecule has 1 aromatic carbocycles. The summed E-state index contributed by atoms with van der Waals surface area (Å²) >= 11 is 0. The highest BCUT2D eigenvalue weighted by Gasteiger charge is 2.11. The molecule has 8 heteroatoms. The van der Waals surface area contributed by atoms with Crippen LogP contribution in [0.15, 0.2) is 59.5 Å². The molecule has 2 N–H and O–H groups in total. The second kappa shape index (κ2) is 6.91. The van der Waals surface area contributed by atoms with Crippen molar-refractivity contribution in [1.29, 1.82) is 0 Å². The molecule has 0 radical (unpaired) electrons. The molecule has 0 aliphatic heterocycles. The van der Waals surface area contributed by atoms with E-state index in [4.69, 9.17) is 0 Å². The van der Waals surface area contributed by atoms with E-state index in [1.54, 1.807) is 30.5 Å². The smallest absolute Gasteiger partial charge is 0.321 e. The fourth-order valence-electron chi connectivity index (χ4n) is 2.85. The average molecular weight is 362 g/mol. The predicted octanol–water partition coefficient (Wildman–Crippen LogP) is 2.08. The van der Waals surface area contributed by atoms with E-state index < -0.39 is 0 Å². The molecule has 0 saturated carbocycles. The summed E-state index contributed by atoms with van der Waals surface area (Å²) in [4.78, 5) is 24.7. The van der Waals surface area contributed by atoms with Gasteiger partial charge < -0.3 is 5.32 Å². The van der Waals surface area contributed by atoms with Gasteiger partial charge in [0.2, 0.25) is 0 Å². The van der Waals surface area contributed by atoms with Crippen molar-refractivity contribution in [3.63, 3.8) is 0 Å². The Labute approximate surface area is 154 Å². The molecule has 4 aromatic rings. The van der Waals surface area contributed by atoms with Crippen LogP contribution in [-0.2, 0) is 13.0 Å². The third-order valence-electron chi connectivity index (χ3n) is 4.25. The van der Waals surface area contributed by atoms with E-state index in [0.29, 0.717) is 23.6 Å². The lowest BCUT2D eigenvalue weighted by Crippen LogP contribution is -2.21. The molecule has 3 aromatic heterocycles. The molecule has 27 heavy (non-hydrogen) atoms. The number of amides is 1. The van der Waals surface area contributed by atoms with Crippen LogP contribution in [-0.4, -0.2) is 30.3 Å². The molecule has 0 unspecified atom stereocenters. The standard InChI is InChI=1S/C19H18N6O2/c1-2-14-11-16(22-21-14)18(26)20-15-7-5-6-13(10-15)12-25-19(27)24-9-4-3-8-17(24)23-25/h3-11H,2,12H2,1H3,(H,20,26)(H,21,22). The summed E-state index contributed by atoms with van der Waals surface area (Å²) in [6.07, 6.45) is 2.47. The first-order valence-corrected chi connectivity index (χ1v) is 8.63. The van der Waals surface area contributed by atoms with E-state index in [-0.39, 0.29) is 11.6 Å². The number of H-pyrrole nitrogens is 1. The SMILES string of the molecule is CCc1cc(C(=O)Nc2cccc(Cn3nc4ccccn4c3=O)c2)n[nH]1. The Hall–Kier alpha value is -3.68. The number of pyridine rings is 1. The Morgan fingerprint density at radius 1 is 1.19 bits per heavy atom. The minimum absolute atomic E-state index is 0.205. The lowest BCUT2D eigenvalue weighted by Gasteiger charge is -2.06. The normalized spacial score (nSPS) is 11.0. The molecular formula is C19H18N6O2. The molecule has 0 aliphatic carbocycles. The van der Waals surface area contributed by atoms with Crippen molar-refractivity contribution in [2.45, 2.75) is 19.9 Å². The average Bonchev–Trinajstić information content (AvgIpc) is 3.28. The Bertz CT molecular complexity index is 1170. The number of anilines is 1. The largest absolute Gasteiger partial charge is 0.350 e. The van der Waals surface area contributed by atoms with Gasteiger partial charge >= 0.3 is 5.69 Å². The Morgan fingerprint density at radius 3 is 2.85 bits per heavy atom. The van der Waals surface area contributed by atoms with Crippen LogP contribution in [0, 0.1) is 0 Å². The maximum atomic E-state index is 12.4. The van der Waals surface area contributed by atoms with Crippen LogP contribution in [0.3, 0.4) is 0 Å². The molecule has 0 atom stereocenters. The van der Waals surface area contributed by atoms with Crippen LogP contribution in [0.25, 0.3) is 5.65 Å². The minimum Gasteiger partial charge on any atom is -0.321 e. The molecule has 0 saturated heterocycles. The van der Waals surface area contributed by atoms with E-state index in [0.717, 1.165) is 17.7 Å². The highest BCUT2D eigenvalue weighted by molar-refractivity contribution is 6.02. The number of nitrogens with one attached hydrogen (secondary N) is 2. The fraction of sp³-hybridized carbons (Fsp3) is 0.158. The number of carbonyl (C=O) groups is 1. The van der Waals surface area contributed by atoms with Gasteiger partial charge in [0, 0.05) is 17.6 Å². The number of aryl methyl sites for hydroxylation is 1. The summed E-state index contributed by atoms with van der Waals surface area (Å²) in [5.41, 5.74) is 3.12. The lowest BCUT2D eigenvalue weighted by molar-refractivity contribution is 0.102. The zero-order valence-corrected chi connectivity index (χ0v) is 14.7. The van der Waals surface area contributed by atoms with Crippen LogP contribution < -0.4 is 11.0 Å². The van der Waals surface area contributed by atoms with Gasteiger partial charge in [0.1, 0.15) is 0 Å². The van der Waals surface area contributed by atoms with E-state index in [2.05, 4.69) is 20.6 Å². The summed E-state index contributed by atoms with van der Waals surface area (Å²) in [6.45, 7) is 2.30. The van der Waals surface area contributed by atoms with E-state index >= 15 is 0 Å². The van der Waals surface area contributed by atoms with E-state index in [9.17, 15) is 9.59 Å². The summed E-state index contributed by atoms with van der Waals surface area (Å²) < 4.78 is 2.89. The van der Waals surface area contributed by atoms with Crippen molar-refractivity contribution in [2.75, 3.05) is 5.32 Å². The first kappa shape index (κ1) is 16.8. The van der Waals surface area contributed by atoms with Crippen LogP contribution in [0.2, 0.25) is 0 Å². The molecule has 0 aliphatic rings. The molecule has 8 nitrogen and oxygen atoms in total. The number of hydrogen-bond acceptors (Lipinski definition) is 4. The number of benzene rings is 1. The monoisotopic (exact) mass is 362 g/mol. The summed E-state index contributed by atoms with van der Waals surface area (Å²) in [6, 6.07) is 14.5. The number of nitrogens with zero attached hydrogens (tertiary/aromatic N) is 4. The van der Waals surface area contributed by atoms with E-state index in [1.807, 2.05) is 31.2 Å². The Balaban J connectivity index is 1.54. The minimum atomic E-state index is -0.284. The van der Waals surface area contributed by atoms with Gasteiger partial charge in [0.15, 0.2) is 11.3 Å². The van der Waals surface area contributed by atoms with Crippen molar-refractivity contribution in [3.05, 3.63) is 82.2 Å². The molecule has 4 rings (SSSR count). The van der Waals surface area contributed by atoms with Crippen LogP contribution in [0.1, 0.15) is 28.7 Å². The van der Waals surface area contributed by atoms with Crippen molar-refractivity contribution in [3.8, 4) is 0 Å². The van der Waals surface area contributed by atoms with Gasteiger partial charge in [-0.05, 0) is 42.3 Å². The molecule has 136 valence electrons. The van der Waals surface area contributed by atoms with Gasteiger partial charge in [-0.1, -0.05) is 25.1 Å². The third-order valence-corrected chi connectivity index (χ3v) is 4.25. The van der Waals surface area contributed by atoms with Crippen molar-refractivity contribution in [1.82, 2.24) is 24.4 Å². The number of rotatable bonds is 5. The van der Waals surface area contributed by atoms with Crippen molar-refractivity contribution < 1.29 is 4.79 Å². The van der Waals surface area contributed by atoms with Gasteiger partial charge in [-0.25, -0.2) is 9.48 Å². The second-order valence-electron chi connectivity index (χ2n) is 6.16. The van der Waals surface area contributed by atoms with Crippen molar-refractivity contribution >= 4 is 17.2 Å². The number of carbonyl (C=O) groups excluding carboxylic acids is 1. The molecule has 0 fully saturated rings. The first-order valence-electron chi connectivity index (χ1n) is 8.63. The molecule has 1 amide bonds. The van der Waals surface area contributed by atoms with Crippen molar-refractivity contribution in [2.24, 2.45) is 0 Å². The number of hydrogen-bond donors (Lipinski definition) is 2. The number of aromatic amines is 1. The topological polar surface area (TPSA) is 97.1 Å². The highest BCUT2D eigenvalue weighted by atomic mass is 16.2. The molecule has 3 heterocycles. The zero-order valence-electron chi connectivity index (χ0n) is 14.7.